The fourth-order valence-corrected chi connectivity index (χ4v) is 3.17. The average molecular weight is 296 g/mol. The quantitative estimate of drug-likeness (QED) is 0.646. The van der Waals surface area contributed by atoms with Gasteiger partial charge in [0.2, 0.25) is 0 Å². The number of nitrogen functional groups attached to an aromatic ring is 1. The van der Waals surface area contributed by atoms with Gasteiger partial charge in [-0.25, -0.2) is 0 Å². The van der Waals surface area contributed by atoms with Crippen LogP contribution in [0, 0.1) is 0 Å². The van der Waals surface area contributed by atoms with Crippen molar-refractivity contribution in [2.24, 2.45) is 0 Å². The van der Waals surface area contributed by atoms with Crippen LogP contribution >= 0.6 is 0 Å². The topological polar surface area (TPSA) is 81.4 Å². The van der Waals surface area contributed by atoms with Crippen LogP contribution in [0.3, 0.4) is 0 Å². The second-order valence-electron chi connectivity index (χ2n) is 5.16. The number of nitrogens with two attached hydrogens (primary N) is 1. The van der Waals surface area contributed by atoms with Crippen molar-refractivity contribution in [3.63, 3.8) is 0 Å². The van der Waals surface area contributed by atoms with E-state index in [0.29, 0.717) is 24.0 Å². The van der Waals surface area contributed by atoms with Gasteiger partial charge in [-0.15, -0.1) is 0 Å². The highest BCUT2D eigenvalue weighted by atomic mass is 32.2. The van der Waals surface area contributed by atoms with Crippen molar-refractivity contribution in [2.45, 2.75) is 45.1 Å². The van der Waals surface area contributed by atoms with E-state index in [0.717, 1.165) is 5.69 Å². The summed E-state index contributed by atoms with van der Waals surface area (Å²) < 4.78 is 23.5. The van der Waals surface area contributed by atoms with Crippen molar-refractivity contribution in [1.29, 1.82) is 0 Å². The molecule has 0 amide bonds. The Kier molecular flexibility index (Phi) is 5.25. The normalized spacial score (nSPS) is 17.7. The molecular formula is C14H22N3O2S-. The molecule has 20 heavy (non-hydrogen) atoms. The van der Waals surface area contributed by atoms with Crippen LogP contribution in [-0.2, 0) is 11.3 Å². The monoisotopic (exact) mass is 296 g/mol. The third-order valence-electron chi connectivity index (χ3n) is 3.76. The van der Waals surface area contributed by atoms with Gasteiger partial charge in [0.1, 0.15) is 0 Å². The van der Waals surface area contributed by atoms with Crippen LogP contribution in [0.15, 0.2) is 18.2 Å². The Morgan fingerprint density at radius 2 is 2.10 bits per heavy atom. The highest BCUT2D eigenvalue weighted by Gasteiger charge is 2.14. The van der Waals surface area contributed by atoms with Gasteiger partial charge in [-0.2, -0.15) is 0 Å². The molecule has 1 aromatic rings. The van der Waals surface area contributed by atoms with E-state index >= 15 is 0 Å². The van der Waals surface area contributed by atoms with Crippen molar-refractivity contribution in [1.82, 2.24) is 0 Å². The molecule has 0 bridgehead atoms. The molecule has 1 aliphatic rings. The van der Waals surface area contributed by atoms with E-state index in [9.17, 15) is 8.76 Å². The Hall–Kier alpha value is -1.27. The molecule has 1 aromatic carbocycles. The third-order valence-corrected chi connectivity index (χ3v) is 4.58. The first-order chi connectivity index (χ1) is 9.61. The lowest BCUT2D eigenvalue weighted by molar-refractivity contribution is 0.463. The maximum absolute atomic E-state index is 11.1. The van der Waals surface area contributed by atoms with E-state index in [-0.39, 0.29) is 0 Å². The molecule has 1 unspecified atom stereocenters. The molecule has 0 aromatic heterocycles. The van der Waals surface area contributed by atoms with Gasteiger partial charge in [0.25, 0.3) is 0 Å². The number of benzene rings is 1. The molecule has 112 valence electrons. The number of anilines is 3. The zero-order valence-electron chi connectivity index (χ0n) is 11.8. The van der Waals surface area contributed by atoms with Crippen LogP contribution in [-0.4, -0.2) is 21.3 Å². The second-order valence-corrected chi connectivity index (χ2v) is 6.04. The van der Waals surface area contributed by atoms with Crippen molar-refractivity contribution >= 4 is 28.3 Å². The zero-order valence-corrected chi connectivity index (χ0v) is 12.6. The number of rotatable bonds is 5. The van der Waals surface area contributed by atoms with Crippen LogP contribution in [0.1, 0.15) is 39.0 Å². The maximum atomic E-state index is 11.1. The molecule has 5 nitrogen and oxygen atoms in total. The number of nitrogens with one attached hydrogen (secondary N) is 1. The fraction of sp³-hybridized carbons (Fsp3) is 0.571. The molecule has 1 fully saturated rings. The molecule has 0 aliphatic heterocycles. The van der Waals surface area contributed by atoms with Gasteiger partial charge in [0, 0.05) is 23.9 Å². The lowest BCUT2D eigenvalue weighted by Gasteiger charge is -2.27. The van der Waals surface area contributed by atoms with Crippen LogP contribution in [0.2, 0.25) is 0 Å². The summed E-state index contributed by atoms with van der Waals surface area (Å²) in [4.78, 5) is 0. The Morgan fingerprint density at radius 3 is 2.65 bits per heavy atom. The van der Waals surface area contributed by atoms with E-state index in [2.05, 4.69) is 5.32 Å². The minimum Gasteiger partial charge on any atom is -0.755 e. The van der Waals surface area contributed by atoms with Gasteiger partial charge in [-0.3, -0.25) is 4.21 Å². The third kappa shape index (κ3) is 3.64. The molecule has 6 heteroatoms. The van der Waals surface area contributed by atoms with Crippen molar-refractivity contribution < 1.29 is 8.76 Å². The number of hydrogen-bond acceptors (Lipinski definition) is 4. The maximum Gasteiger partial charge on any atom is 0.0577 e. The van der Waals surface area contributed by atoms with Gasteiger partial charge in [-0.1, -0.05) is 19.3 Å². The summed E-state index contributed by atoms with van der Waals surface area (Å²) in [5.74, 6) is 0. The molecule has 1 aliphatic carbocycles. The number of nitrogens with zero attached hydrogens (tertiary/aromatic N) is 1. The van der Waals surface area contributed by atoms with Crippen LogP contribution < -0.4 is 15.4 Å². The Balaban J connectivity index is 2.10. The lowest BCUT2D eigenvalue weighted by atomic mass is 9.95. The van der Waals surface area contributed by atoms with Crippen LogP contribution in [0.5, 0.6) is 0 Å². The van der Waals surface area contributed by atoms with Gasteiger partial charge in [-0.05, 0) is 38.0 Å². The summed E-state index contributed by atoms with van der Waals surface area (Å²) >= 11 is -2.27. The molecular weight excluding hydrogens is 274 g/mol. The number of hydrogen-bond donors (Lipinski definition) is 2. The van der Waals surface area contributed by atoms with E-state index < -0.39 is 11.3 Å². The minimum absolute atomic E-state index is 0.394. The van der Waals surface area contributed by atoms with Crippen LogP contribution in [0.4, 0.5) is 17.1 Å². The lowest BCUT2D eigenvalue weighted by Crippen LogP contribution is -2.25. The van der Waals surface area contributed by atoms with Gasteiger partial charge < -0.3 is 19.9 Å². The van der Waals surface area contributed by atoms with Gasteiger partial charge >= 0.3 is 0 Å². The molecule has 1 atom stereocenters. The minimum atomic E-state index is -2.27. The molecule has 2 rings (SSSR count). The highest BCUT2D eigenvalue weighted by molar-refractivity contribution is 7.80. The summed E-state index contributed by atoms with van der Waals surface area (Å²) in [5, 5.41) is 3.47. The second kappa shape index (κ2) is 6.95. The highest BCUT2D eigenvalue weighted by Crippen LogP contribution is 2.29. The molecule has 3 N–H and O–H groups in total. The van der Waals surface area contributed by atoms with E-state index in [4.69, 9.17) is 5.73 Å². The molecule has 0 heterocycles. The van der Waals surface area contributed by atoms with E-state index in [1.165, 1.54) is 36.4 Å². The van der Waals surface area contributed by atoms with Gasteiger partial charge in [0.15, 0.2) is 0 Å². The SMILES string of the molecule is CCN(c1ccc(NC2CCCCC2)c(N)c1)S(=O)[O-]. The Morgan fingerprint density at radius 1 is 1.40 bits per heavy atom. The Bertz CT molecular complexity index is 475. The first-order valence-corrected chi connectivity index (χ1v) is 8.18. The summed E-state index contributed by atoms with van der Waals surface area (Å²) in [5.41, 5.74) is 8.14. The first kappa shape index (κ1) is 15.1. The van der Waals surface area contributed by atoms with Crippen LogP contribution in [0.25, 0.3) is 0 Å². The smallest absolute Gasteiger partial charge is 0.0577 e. The summed E-state index contributed by atoms with van der Waals surface area (Å²) in [7, 11) is 0. The summed E-state index contributed by atoms with van der Waals surface area (Å²) in [6, 6.07) is 5.85. The average Bonchev–Trinajstić information content (AvgIpc) is 2.43. The molecule has 0 spiro atoms. The first-order valence-electron chi connectivity index (χ1n) is 7.14. The zero-order chi connectivity index (χ0) is 14.5. The fourth-order valence-electron chi connectivity index (χ4n) is 2.68. The Labute approximate surface area is 123 Å². The molecule has 0 saturated heterocycles. The van der Waals surface area contributed by atoms with Crippen molar-refractivity contribution in [2.75, 3.05) is 21.9 Å². The predicted octanol–water partition coefficient (Wildman–Crippen LogP) is 2.63. The molecule has 0 radical (unpaired) electrons. The van der Waals surface area contributed by atoms with E-state index in [1.807, 2.05) is 6.07 Å². The van der Waals surface area contributed by atoms with Gasteiger partial charge in [0.05, 0.1) is 17.1 Å². The van der Waals surface area contributed by atoms with Crippen molar-refractivity contribution in [3.8, 4) is 0 Å². The summed E-state index contributed by atoms with van der Waals surface area (Å²) in [6.45, 7) is 2.19. The van der Waals surface area contributed by atoms with Crippen molar-refractivity contribution in [3.05, 3.63) is 18.2 Å². The molecule has 1 saturated carbocycles. The summed E-state index contributed by atoms with van der Waals surface area (Å²) in [6.07, 6.45) is 6.18. The largest absolute Gasteiger partial charge is 0.755 e. The van der Waals surface area contributed by atoms with E-state index in [1.54, 1.807) is 19.1 Å². The predicted molar refractivity (Wildman–Crippen MR) is 83.3 cm³/mol. The standard InChI is InChI=1S/C14H23N3O2S/c1-2-17(20(18)19)12-8-9-14(13(15)10-12)16-11-6-4-3-5-7-11/h8-11,16H,2-7,15H2,1H3,(H,18,19)/p-1.